The van der Waals surface area contributed by atoms with E-state index in [0.717, 1.165) is 12.8 Å². The number of Topliss-reactive ketones (excluding diaryl/α,β-unsaturated/α-hetero) is 1. The average molecular weight is 396 g/mol. The summed E-state index contributed by atoms with van der Waals surface area (Å²) in [5.41, 5.74) is 2.36. The highest BCUT2D eigenvalue weighted by molar-refractivity contribution is 14.1. The van der Waals surface area contributed by atoms with Crippen LogP contribution in [0.2, 0.25) is 0 Å². The fourth-order valence-electron chi connectivity index (χ4n) is 2.05. The molecule has 0 N–H and O–H groups in total. The molecule has 0 aliphatic heterocycles. The third-order valence-electron chi connectivity index (χ3n) is 3.29. The molecule has 2 rings (SSSR count). The van der Waals surface area contributed by atoms with E-state index in [9.17, 15) is 9.59 Å². The lowest BCUT2D eigenvalue weighted by atomic mass is 10.1. The van der Waals surface area contributed by atoms with Crippen molar-refractivity contribution < 1.29 is 4.79 Å². The van der Waals surface area contributed by atoms with Gasteiger partial charge in [-0.2, -0.15) is 0 Å². The Morgan fingerprint density at radius 3 is 2.57 bits per heavy atom. The summed E-state index contributed by atoms with van der Waals surface area (Å²) in [6.07, 6.45) is 3.52. The number of aryl methyl sites for hydroxylation is 2. The molecular formula is C16H17IN2O2. The van der Waals surface area contributed by atoms with Gasteiger partial charge in [0, 0.05) is 5.56 Å². The number of hydrogen-bond donors (Lipinski definition) is 0. The standard InChI is InChI=1S/C16H17IN2O2/c1-3-4-12-5-7-13(8-6-12)14(20)9-19-10-18-11(2)15(17)16(19)21/h5-8,10H,3-4,9H2,1-2H3. The molecule has 0 bridgehead atoms. The van der Waals surface area contributed by atoms with Crippen molar-refractivity contribution in [3.05, 3.63) is 61.3 Å². The molecule has 21 heavy (non-hydrogen) atoms. The molecule has 4 nitrogen and oxygen atoms in total. The Balaban J connectivity index is 2.18. The van der Waals surface area contributed by atoms with Crippen molar-refractivity contribution in [1.82, 2.24) is 9.55 Å². The number of rotatable bonds is 5. The van der Waals surface area contributed by atoms with E-state index in [1.165, 1.54) is 16.5 Å². The topological polar surface area (TPSA) is 52.0 Å². The van der Waals surface area contributed by atoms with Gasteiger partial charge in [-0.1, -0.05) is 37.6 Å². The first-order valence-corrected chi connectivity index (χ1v) is 7.94. The van der Waals surface area contributed by atoms with Crippen molar-refractivity contribution in [2.24, 2.45) is 0 Å². The number of ketones is 1. The Morgan fingerprint density at radius 2 is 1.95 bits per heavy atom. The first kappa shape index (κ1) is 15.9. The third kappa shape index (κ3) is 3.78. The summed E-state index contributed by atoms with van der Waals surface area (Å²) in [7, 11) is 0. The van der Waals surface area contributed by atoms with Crippen molar-refractivity contribution >= 4 is 28.4 Å². The van der Waals surface area contributed by atoms with Gasteiger partial charge >= 0.3 is 0 Å². The second-order valence-electron chi connectivity index (χ2n) is 4.95. The quantitative estimate of drug-likeness (QED) is 0.577. The second kappa shape index (κ2) is 6.98. The maximum atomic E-state index is 12.2. The van der Waals surface area contributed by atoms with E-state index in [-0.39, 0.29) is 17.9 Å². The van der Waals surface area contributed by atoms with Crippen LogP contribution >= 0.6 is 22.6 Å². The van der Waals surface area contributed by atoms with Crippen LogP contribution in [-0.4, -0.2) is 15.3 Å². The van der Waals surface area contributed by atoms with Crippen LogP contribution in [0.1, 0.15) is 35.0 Å². The van der Waals surface area contributed by atoms with E-state index in [4.69, 9.17) is 0 Å². The van der Waals surface area contributed by atoms with E-state index in [0.29, 0.717) is 14.8 Å². The molecule has 0 radical (unpaired) electrons. The highest BCUT2D eigenvalue weighted by Crippen LogP contribution is 2.08. The van der Waals surface area contributed by atoms with Crippen molar-refractivity contribution in [3.8, 4) is 0 Å². The largest absolute Gasteiger partial charge is 0.292 e. The second-order valence-corrected chi connectivity index (χ2v) is 6.03. The minimum Gasteiger partial charge on any atom is -0.292 e. The van der Waals surface area contributed by atoms with Gasteiger partial charge in [0.25, 0.3) is 5.56 Å². The Bertz CT molecular complexity index is 705. The number of carbonyl (C=O) groups is 1. The van der Waals surface area contributed by atoms with E-state index >= 15 is 0 Å². The lowest BCUT2D eigenvalue weighted by Crippen LogP contribution is -2.27. The predicted molar refractivity (Wildman–Crippen MR) is 90.7 cm³/mol. The fourth-order valence-corrected chi connectivity index (χ4v) is 2.50. The summed E-state index contributed by atoms with van der Waals surface area (Å²) >= 11 is 1.96. The molecule has 0 saturated heterocycles. The predicted octanol–water partition coefficient (Wildman–Crippen LogP) is 2.99. The molecule has 0 amide bonds. The molecule has 5 heteroatoms. The fraction of sp³-hybridized carbons (Fsp3) is 0.312. The number of nitrogens with zero attached hydrogens (tertiary/aromatic N) is 2. The Morgan fingerprint density at radius 1 is 1.29 bits per heavy atom. The van der Waals surface area contributed by atoms with Gasteiger partial charge in [0.1, 0.15) is 0 Å². The lowest BCUT2D eigenvalue weighted by molar-refractivity contribution is 0.0970. The summed E-state index contributed by atoms with van der Waals surface area (Å²) in [5, 5.41) is 0. The van der Waals surface area contributed by atoms with E-state index in [1.54, 1.807) is 6.92 Å². The number of aromatic nitrogens is 2. The Kier molecular flexibility index (Phi) is 5.27. The van der Waals surface area contributed by atoms with Crippen LogP contribution in [0.25, 0.3) is 0 Å². The minimum atomic E-state index is -0.168. The molecule has 0 aliphatic rings. The van der Waals surface area contributed by atoms with Gasteiger partial charge in [0.15, 0.2) is 5.78 Å². The Hall–Kier alpha value is -1.50. The monoisotopic (exact) mass is 396 g/mol. The SMILES string of the molecule is CCCc1ccc(C(=O)Cn2cnc(C)c(I)c2=O)cc1. The van der Waals surface area contributed by atoms with Crippen LogP contribution < -0.4 is 5.56 Å². The van der Waals surface area contributed by atoms with Crippen LogP contribution in [0, 0.1) is 10.5 Å². The van der Waals surface area contributed by atoms with Gasteiger partial charge in [-0.15, -0.1) is 0 Å². The average Bonchev–Trinajstić information content (AvgIpc) is 2.49. The van der Waals surface area contributed by atoms with Crippen molar-refractivity contribution in [2.75, 3.05) is 0 Å². The van der Waals surface area contributed by atoms with E-state index in [2.05, 4.69) is 11.9 Å². The maximum absolute atomic E-state index is 12.2. The minimum absolute atomic E-state index is 0.0231. The molecule has 1 aromatic heterocycles. The summed E-state index contributed by atoms with van der Waals surface area (Å²) in [6.45, 7) is 3.93. The number of halogens is 1. The molecule has 2 aromatic rings. The highest BCUT2D eigenvalue weighted by atomic mass is 127. The molecule has 0 aliphatic carbocycles. The van der Waals surface area contributed by atoms with Gasteiger partial charge in [-0.3, -0.25) is 14.2 Å². The van der Waals surface area contributed by atoms with Gasteiger partial charge < -0.3 is 0 Å². The van der Waals surface area contributed by atoms with Crippen molar-refractivity contribution in [2.45, 2.75) is 33.2 Å². The van der Waals surface area contributed by atoms with E-state index < -0.39 is 0 Å². The van der Waals surface area contributed by atoms with Crippen molar-refractivity contribution in [3.63, 3.8) is 0 Å². The molecule has 1 aromatic carbocycles. The highest BCUT2D eigenvalue weighted by Gasteiger charge is 2.11. The molecule has 1 heterocycles. The van der Waals surface area contributed by atoms with Gasteiger partial charge in [-0.25, -0.2) is 4.98 Å². The van der Waals surface area contributed by atoms with Crippen LogP contribution in [0.4, 0.5) is 0 Å². The molecule has 0 unspecified atom stereocenters. The smallest absolute Gasteiger partial charge is 0.267 e. The van der Waals surface area contributed by atoms with Crippen LogP contribution in [0.5, 0.6) is 0 Å². The maximum Gasteiger partial charge on any atom is 0.267 e. The molecule has 0 spiro atoms. The third-order valence-corrected chi connectivity index (χ3v) is 4.53. The summed E-state index contributed by atoms with van der Waals surface area (Å²) in [4.78, 5) is 28.4. The molecule has 0 saturated carbocycles. The van der Waals surface area contributed by atoms with Crippen LogP contribution in [-0.2, 0) is 13.0 Å². The van der Waals surface area contributed by atoms with Gasteiger partial charge in [-0.05, 0) is 41.5 Å². The van der Waals surface area contributed by atoms with Gasteiger partial charge in [0.2, 0.25) is 0 Å². The zero-order valence-corrected chi connectivity index (χ0v) is 14.3. The van der Waals surface area contributed by atoms with Crippen LogP contribution in [0.3, 0.4) is 0 Å². The van der Waals surface area contributed by atoms with E-state index in [1.807, 2.05) is 46.9 Å². The molecule has 0 atom stereocenters. The zero-order valence-electron chi connectivity index (χ0n) is 12.1. The summed E-state index contributed by atoms with van der Waals surface area (Å²) < 4.78 is 1.91. The normalized spacial score (nSPS) is 10.6. The molecule has 110 valence electrons. The molecular weight excluding hydrogens is 379 g/mol. The lowest BCUT2D eigenvalue weighted by Gasteiger charge is -2.07. The van der Waals surface area contributed by atoms with Crippen molar-refractivity contribution in [1.29, 1.82) is 0 Å². The Labute approximate surface area is 137 Å². The number of hydrogen-bond acceptors (Lipinski definition) is 3. The molecule has 0 fully saturated rings. The first-order valence-electron chi connectivity index (χ1n) is 6.86. The summed E-state index contributed by atoms with van der Waals surface area (Å²) in [6, 6.07) is 7.59. The zero-order chi connectivity index (χ0) is 15.4. The summed E-state index contributed by atoms with van der Waals surface area (Å²) in [5.74, 6) is -0.0819. The number of carbonyl (C=O) groups excluding carboxylic acids is 1. The van der Waals surface area contributed by atoms with Crippen LogP contribution in [0.15, 0.2) is 35.4 Å². The van der Waals surface area contributed by atoms with Gasteiger partial charge in [0.05, 0.1) is 22.1 Å². The number of benzene rings is 1. The first-order chi connectivity index (χ1) is 10.0.